The van der Waals surface area contributed by atoms with Crippen molar-refractivity contribution in [3.8, 4) is 11.4 Å². The molecule has 6 heteroatoms. The molecule has 0 radical (unpaired) electrons. The van der Waals surface area contributed by atoms with Crippen LogP contribution in [0.5, 0.6) is 5.75 Å². The molecule has 3 aromatic rings. The number of carbonyl (C=O) groups is 1. The Kier molecular flexibility index (Phi) is 5.02. The van der Waals surface area contributed by atoms with Gasteiger partial charge in [-0.2, -0.15) is 0 Å². The summed E-state index contributed by atoms with van der Waals surface area (Å²) in [6, 6.07) is 13.5. The van der Waals surface area contributed by atoms with Gasteiger partial charge in [0.1, 0.15) is 5.75 Å². The topological polar surface area (TPSA) is 69.0 Å². The lowest BCUT2D eigenvalue weighted by Gasteiger charge is -2.09. The van der Waals surface area contributed by atoms with Gasteiger partial charge in [0.25, 0.3) is 5.91 Å². The summed E-state index contributed by atoms with van der Waals surface area (Å²) in [6.45, 7) is 8.33. The van der Waals surface area contributed by atoms with E-state index in [1.165, 1.54) is 0 Å². The van der Waals surface area contributed by atoms with Gasteiger partial charge in [0.2, 0.25) is 0 Å². The number of ether oxygens (including phenoxy) is 1. The Morgan fingerprint density at radius 1 is 1.12 bits per heavy atom. The molecule has 134 valence electrons. The molecule has 6 nitrogen and oxygen atoms in total. The third kappa shape index (κ3) is 3.59. The predicted octanol–water partition coefficient (Wildman–Crippen LogP) is 3.84. The third-order valence-corrected chi connectivity index (χ3v) is 4.14. The van der Waals surface area contributed by atoms with Gasteiger partial charge in [-0.05, 0) is 69.2 Å². The highest BCUT2D eigenvalue weighted by Crippen LogP contribution is 2.20. The van der Waals surface area contributed by atoms with E-state index in [1.54, 1.807) is 4.68 Å². The summed E-state index contributed by atoms with van der Waals surface area (Å²) in [5.74, 6) is 0.523. The molecule has 0 aliphatic carbocycles. The van der Waals surface area contributed by atoms with Gasteiger partial charge >= 0.3 is 0 Å². The fourth-order valence-corrected chi connectivity index (χ4v) is 2.69. The van der Waals surface area contributed by atoms with Gasteiger partial charge in [-0.25, -0.2) is 4.68 Å². The highest BCUT2D eigenvalue weighted by atomic mass is 16.5. The molecule has 0 aliphatic heterocycles. The average Bonchev–Trinajstić information content (AvgIpc) is 3.01. The van der Waals surface area contributed by atoms with Gasteiger partial charge in [-0.15, -0.1) is 5.10 Å². The summed E-state index contributed by atoms with van der Waals surface area (Å²) < 4.78 is 7.09. The zero-order valence-corrected chi connectivity index (χ0v) is 15.4. The number of carbonyl (C=O) groups excluding carboxylic acids is 1. The van der Waals surface area contributed by atoms with E-state index >= 15 is 0 Å². The van der Waals surface area contributed by atoms with Crippen LogP contribution in [0, 0.1) is 20.8 Å². The molecule has 0 saturated carbocycles. The standard InChI is InChI=1S/C20H22N4O2/c1-5-26-17-10-8-16(9-11-17)24-15(4)19(22-23-24)20(25)21-18-12-13(2)6-7-14(18)3/h6-12H,5H2,1-4H3,(H,21,25). The Morgan fingerprint density at radius 3 is 2.54 bits per heavy atom. The van der Waals surface area contributed by atoms with Crippen molar-refractivity contribution in [2.24, 2.45) is 0 Å². The second-order valence-corrected chi connectivity index (χ2v) is 6.13. The minimum atomic E-state index is -0.270. The van der Waals surface area contributed by atoms with Crippen LogP contribution in [0.15, 0.2) is 42.5 Å². The number of hydrogen-bond donors (Lipinski definition) is 1. The van der Waals surface area contributed by atoms with E-state index in [2.05, 4.69) is 15.6 Å². The van der Waals surface area contributed by atoms with Crippen molar-refractivity contribution < 1.29 is 9.53 Å². The Balaban J connectivity index is 1.84. The largest absolute Gasteiger partial charge is 0.494 e. The van der Waals surface area contributed by atoms with Crippen LogP contribution < -0.4 is 10.1 Å². The molecule has 0 atom stereocenters. The maximum atomic E-state index is 12.6. The molecular formula is C20H22N4O2. The number of amides is 1. The third-order valence-electron chi connectivity index (χ3n) is 4.14. The number of aryl methyl sites for hydroxylation is 2. The van der Waals surface area contributed by atoms with Crippen LogP contribution in [0.2, 0.25) is 0 Å². The van der Waals surface area contributed by atoms with E-state index in [0.717, 1.165) is 28.3 Å². The number of benzene rings is 2. The fraction of sp³-hybridized carbons (Fsp3) is 0.250. The highest BCUT2D eigenvalue weighted by Gasteiger charge is 2.18. The molecule has 2 aromatic carbocycles. The first-order valence-electron chi connectivity index (χ1n) is 8.53. The number of nitrogens with one attached hydrogen (secondary N) is 1. The number of nitrogens with zero attached hydrogens (tertiary/aromatic N) is 3. The van der Waals surface area contributed by atoms with Crippen molar-refractivity contribution in [2.45, 2.75) is 27.7 Å². The van der Waals surface area contributed by atoms with Crippen LogP contribution in [0.4, 0.5) is 5.69 Å². The summed E-state index contributed by atoms with van der Waals surface area (Å²) >= 11 is 0. The number of aromatic nitrogens is 3. The van der Waals surface area contributed by atoms with Crippen LogP contribution >= 0.6 is 0 Å². The SMILES string of the molecule is CCOc1ccc(-n2nnc(C(=O)Nc3cc(C)ccc3C)c2C)cc1. The molecule has 1 N–H and O–H groups in total. The first-order chi connectivity index (χ1) is 12.5. The van der Waals surface area contributed by atoms with Gasteiger partial charge < -0.3 is 10.1 Å². The highest BCUT2D eigenvalue weighted by molar-refractivity contribution is 6.04. The van der Waals surface area contributed by atoms with Crippen LogP contribution in [-0.2, 0) is 0 Å². The van der Waals surface area contributed by atoms with Crippen LogP contribution in [-0.4, -0.2) is 27.5 Å². The average molecular weight is 350 g/mol. The molecule has 3 rings (SSSR count). The lowest BCUT2D eigenvalue weighted by atomic mass is 10.1. The van der Waals surface area contributed by atoms with Crippen molar-refractivity contribution in [1.82, 2.24) is 15.0 Å². The summed E-state index contributed by atoms with van der Waals surface area (Å²) in [6.07, 6.45) is 0. The molecule has 0 unspecified atom stereocenters. The van der Waals surface area contributed by atoms with Crippen LogP contribution in [0.25, 0.3) is 5.69 Å². The molecular weight excluding hydrogens is 328 g/mol. The molecule has 0 bridgehead atoms. The lowest BCUT2D eigenvalue weighted by Crippen LogP contribution is -2.15. The summed E-state index contributed by atoms with van der Waals surface area (Å²) in [4.78, 5) is 12.6. The predicted molar refractivity (Wildman–Crippen MR) is 101 cm³/mol. The molecule has 1 heterocycles. The molecule has 0 fully saturated rings. The van der Waals surface area contributed by atoms with Gasteiger partial charge in [-0.3, -0.25) is 4.79 Å². The van der Waals surface area contributed by atoms with Crippen molar-refractivity contribution in [3.05, 3.63) is 65.0 Å². The summed E-state index contributed by atoms with van der Waals surface area (Å²) in [7, 11) is 0. The van der Waals surface area contributed by atoms with E-state index in [-0.39, 0.29) is 5.91 Å². The molecule has 0 spiro atoms. The number of hydrogen-bond acceptors (Lipinski definition) is 4. The van der Waals surface area contributed by atoms with E-state index in [0.29, 0.717) is 18.0 Å². The Morgan fingerprint density at radius 2 is 1.85 bits per heavy atom. The zero-order chi connectivity index (χ0) is 18.7. The van der Waals surface area contributed by atoms with E-state index in [4.69, 9.17) is 4.74 Å². The smallest absolute Gasteiger partial charge is 0.278 e. The second-order valence-electron chi connectivity index (χ2n) is 6.13. The van der Waals surface area contributed by atoms with E-state index < -0.39 is 0 Å². The Bertz CT molecular complexity index is 929. The molecule has 26 heavy (non-hydrogen) atoms. The quantitative estimate of drug-likeness (QED) is 0.759. The van der Waals surface area contributed by atoms with Crippen LogP contribution in [0.3, 0.4) is 0 Å². The van der Waals surface area contributed by atoms with Crippen molar-refractivity contribution >= 4 is 11.6 Å². The van der Waals surface area contributed by atoms with E-state index in [9.17, 15) is 4.79 Å². The summed E-state index contributed by atoms with van der Waals surface area (Å²) in [5, 5.41) is 11.1. The number of rotatable bonds is 5. The zero-order valence-electron chi connectivity index (χ0n) is 15.4. The minimum Gasteiger partial charge on any atom is -0.494 e. The van der Waals surface area contributed by atoms with Crippen molar-refractivity contribution in [2.75, 3.05) is 11.9 Å². The second kappa shape index (κ2) is 7.39. The van der Waals surface area contributed by atoms with Gasteiger partial charge in [-0.1, -0.05) is 17.3 Å². The maximum Gasteiger partial charge on any atom is 0.278 e. The van der Waals surface area contributed by atoms with Gasteiger partial charge in [0.15, 0.2) is 5.69 Å². The molecule has 0 saturated heterocycles. The monoisotopic (exact) mass is 350 g/mol. The first-order valence-corrected chi connectivity index (χ1v) is 8.53. The van der Waals surface area contributed by atoms with Crippen molar-refractivity contribution in [1.29, 1.82) is 0 Å². The summed E-state index contributed by atoms with van der Waals surface area (Å²) in [5.41, 5.74) is 4.67. The van der Waals surface area contributed by atoms with Gasteiger partial charge in [0, 0.05) is 5.69 Å². The maximum absolute atomic E-state index is 12.6. The fourth-order valence-electron chi connectivity index (χ4n) is 2.69. The normalized spacial score (nSPS) is 10.6. The van der Waals surface area contributed by atoms with E-state index in [1.807, 2.05) is 70.2 Å². The molecule has 1 aromatic heterocycles. The van der Waals surface area contributed by atoms with Gasteiger partial charge in [0.05, 0.1) is 18.0 Å². The lowest BCUT2D eigenvalue weighted by molar-refractivity contribution is 0.102. The number of anilines is 1. The molecule has 0 aliphatic rings. The Hall–Kier alpha value is -3.15. The minimum absolute atomic E-state index is 0.270. The molecule has 1 amide bonds. The van der Waals surface area contributed by atoms with Crippen molar-refractivity contribution in [3.63, 3.8) is 0 Å². The Labute approximate surface area is 152 Å². The first kappa shape index (κ1) is 17.7. The van der Waals surface area contributed by atoms with Crippen LogP contribution in [0.1, 0.15) is 34.2 Å².